The summed E-state index contributed by atoms with van der Waals surface area (Å²) in [6.45, 7) is 2.22. The first-order valence-electron chi connectivity index (χ1n) is 5.66. The number of allylic oxidation sites excluding steroid dienone is 4. The molecule has 1 aromatic heterocycles. The van der Waals surface area contributed by atoms with Crippen LogP contribution in [0.3, 0.4) is 0 Å². The molecule has 0 saturated carbocycles. The molecule has 1 aliphatic rings. The number of rotatable bonds is 1. The summed E-state index contributed by atoms with van der Waals surface area (Å²) in [5.41, 5.74) is 3.34. The number of nitrogens with zero attached hydrogens (tertiary/aromatic N) is 1. The van der Waals surface area contributed by atoms with Crippen molar-refractivity contribution >= 4 is 16.6 Å². The van der Waals surface area contributed by atoms with E-state index < -0.39 is 0 Å². The van der Waals surface area contributed by atoms with Crippen LogP contribution in [0.2, 0.25) is 0 Å². The minimum atomic E-state index is 0.646. The minimum Gasteiger partial charge on any atom is -0.338 e. The first kappa shape index (κ1) is 9.40. The lowest BCUT2D eigenvalue weighted by Crippen LogP contribution is -1.95. The molecule has 1 N–H and O–H groups in total. The van der Waals surface area contributed by atoms with Gasteiger partial charge in [-0.25, -0.2) is 4.98 Å². The SMILES string of the molecule is CC1C=CC(c2nc3ccccc3[nH]2)=CC1. The first-order valence-corrected chi connectivity index (χ1v) is 5.66. The third-order valence-electron chi connectivity index (χ3n) is 2.98. The molecule has 0 fully saturated rings. The molecule has 2 nitrogen and oxygen atoms in total. The molecule has 16 heavy (non-hydrogen) atoms. The van der Waals surface area contributed by atoms with E-state index in [2.05, 4.69) is 41.2 Å². The summed E-state index contributed by atoms with van der Waals surface area (Å²) in [6, 6.07) is 8.13. The van der Waals surface area contributed by atoms with Gasteiger partial charge in [-0.1, -0.05) is 37.3 Å². The number of H-pyrrole nitrogens is 1. The fraction of sp³-hybridized carbons (Fsp3) is 0.214. The number of para-hydroxylation sites is 2. The van der Waals surface area contributed by atoms with E-state index in [4.69, 9.17) is 0 Å². The number of fused-ring (bicyclic) bond motifs is 1. The van der Waals surface area contributed by atoms with Crippen LogP contribution in [-0.4, -0.2) is 9.97 Å². The number of hydrogen-bond acceptors (Lipinski definition) is 1. The van der Waals surface area contributed by atoms with Crippen LogP contribution in [0.5, 0.6) is 0 Å². The molecule has 3 rings (SSSR count). The molecule has 0 spiro atoms. The zero-order valence-electron chi connectivity index (χ0n) is 9.27. The Morgan fingerprint density at radius 3 is 2.94 bits per heavy atom. The Balaban J connectivity index is 2.04. The van der Waals surface area contributed by atoms with Crippen molar-refractivity contribution in [3.05, 3.63) is 48.3 Å². The van der Waals surface area contributed by atoms with Gasteiger partial charge in [0, 0.05) is 5.57 Å². The van der Waals surface area contributed by atoms with Gasteiger partial charge in [-0.2, -0.15) is 0 Å². The molecule has 80 valence electrons. The van der Waals surface area contributed by atoms with Crippen molar-refractivity contribution in [3.8, 4) is 0 Å². The van der Waals surface area contributed by atoms with Crippen LogP contribution >= 0.6 is 0 Å². The summed E-state index contributed by atoms with van der Waals surface area (Å²) < 4.78 is 0. The monoisotopic (exact) mass is 210 g/mol. The lowest BCUT2D eigenvalue weighted by Gasteiger charge is -2.09. The summed E-state index contributed by atoms with van der Waals surface area (Å²) in [6.07, 6.45) is 7.75. The van der Waals surface area contributed by atoms with Gasteiger partial charge in [0.15, 0.2) is 0 Å². The highest BCUT2D eigenvalue weighted by Gasteiger charge is 2.09. The fourth-order valence-electron chi connectivity index (χ4n) is 1.99. The minimum absolute atomic E-state index is 0.646. The lowest BCUT2D eigenvalue weighted by molar-refractivity contribution is 0.738. The van der Waals surface area contributed by atoms with E-state index in [1.54, 1.807) is 0 Å². The average Bonchev–Trinajstić information content (AvgIpc) is 2.73. The van der Waals surface area contributed by atoms with Crippen molar-refractivity contribution in [1.29, 1.82) is 0 Å². The van der Waals surface area contributed by atoms with Crippen LogP contribution < -0.4 is 0 Å². The molecule has 1 atom stereocenters. The van der Waals surface area contributed by atoms with Gasteiger partial charge in [0.05, 0.1) is 11.0 Å². The van der Waals surface area contributed by atoms with E-state index in [1.807, 2.05) is 18.2 Å². The normalized spacial score (nSPS) is 20.1. The third-order valence-corrected chi connectivity index (χ3v) is 2.98. The Morgan fingerprint density at radius 1 is 1.31 bits per heavy atom. The molecule has 0 bridgehead atoms. The Hall–Kier alpha value is -1.83. The smallest absolute Gasteiger partial charge is 0.138 e. The maximum absolute atomic E-state index is 4.59. The molecule has 0 aliphatic heterocycles. The first-order chi connectivity index (χ1) is 7.83. The van der Waals surface area contributed by atoms with Crippen molar-refractivity contribution in [3.63, 3.8) is 0 Å². The maximum atomic E-state index is 4.59. The number of aromatic nitrogens is 2. The van der Waals surface area contributed by atoms with E-state index >= 15 is 0 Å². The number of hydrogen-bond donors (Lipinski definition) is 1. The van der Waals surface area contributed by atoms with Gasteiger partial charge < -0.3 is 4.98 Å². The number of benzene rings is 1. The predicted octanol–water partition coefficient (Wildman–Crippen LogP) is 3.54. The number of aromatic amines is 1. The maximum Gasteiger partial charge on any atom is 0.138 e. The zero-order valence-corrected chi connectivity index (χ0v) is 9.27. The predicted molar refractivity (Wildman–Crippen MR) is 67.0 cm³/mol. The second-order valence-electron chi connectivity index (χ2n) is 4.33. The van der Waals surface area contributed by atoms with Crippen LogP contribution in [0.25, 0.3) is 16.6 Å². The van der Waals surface area contributed by atoms with Crippen molar-refractivity contribution in [2.75, 3.05) is 0 Å². The Bertz CT molecular complexity index is 542. The summed E-state index contributed by atoms with van der Waals surface area (Å²) in [5, 5.41) is 0. The molecule has 2 heteroatoms. The van der Waals surface area contributed by atoms with Gasteiger partial charge in [0.1, 0.15) is 5.82 Å². The van der Waals surface area contributed by atoms with Gasteiger partial charge in [0.2, 0.25) is 0 Å². The summed E-state index contributed by atoms with van der Waals surface area (Å²) >= 11 is 0. The van der Waals surface area contributed by atoms with E-state index in [1.165, 1.54) is 5.57 Å². The third kappa shape index (κ3) is 1.56. The molecule has 1 aromatic carbocycles. The highest BCUT2D eigenvalue weighted by Crippen LogP contribution is 2.23. The fourth-order valence-corrected chi connectivity index (χ4v) is 1.99. The number of imidazole rings is 1. The highest BCUT2D eigenvalue weighted by molar-refractivity contribution is 5.81. The van der Waals surface area contributed by atoms with Gasteiger partial charge in [-0.05, 0) is 24.5 Å². The van der Waals surface area contributed by atoms with Crippen LogP contribution in [0, 0.1) is 5.92 Å². The van der Waals surface area contributed by atoms with E-state index in [-0.39, 0.29) is 0 Å². The second kappa shape index (κ2) is 3.63. The molecule has 0 amide bonds. The van der Waals surface area contributed by atoms with Crippen molar-refractivity contribution < 1.29 is 0 Å². The summed E-state index contributed by atoms with van der Waals surface area (Å²) in [4.78, 5) is 7.94. The van der Waals surface area contributed by atoms with Gasteiger partial charge in [-0.3, -0.25) is 0 Å². The average molecular weight is 210 g/mol. The standard InChI is InChI=1S/C14H14N2/c1-10-6-8-11(9-7-10)14-15-12-4-2-3-5-13(12)16-14/h2-6,8-10H,7H2,1H3,(H,15,16). The lowest BCUT2D eigenvalue weighted by atomic mass is 9.98. The molecule has 0 saturated heterocycles. The molecule has 0 radical (unpaired) electrons. The Kier molecular flexibility index (Phi) is 2.13. The van der Waals surface area contributed by atoms with Crippen molar-refractivity contribution in [2.24, 2.45) is 5.92 Å². The number of nitrogens with one attached hydrogen (secondary N) is 1. The Labute approximate surface area is 94.7 Å². The van der Waals surface area contributed by atoms with Crippen LogP contribution in [0.1, 0.15) is 19.2 Å². The summed E-state index contributed by atoms with van der Waals surface area (Å²) in [7, 11) is 0. The van der Waals surface area contributed by atoms with Gasteiger partial charge in [0.25, 0.3) is 0 Å². The zero-order chi connectivity index (χ0) is 11.0. The molecule has 1 heterocycles. The van der Waals surface area contributed by atoms with Crippen molar-refractivity contribution in [2.45, 2.75) is 13.3 Å². The Morgan fingerprint density at radius 2 is 2.19 bits per heavy atom. The topological polar surface area (TPSA) is 28.7 Å². The van der Waals surface area contributed by atoms with Gasteiger partial charge >= 0.3 is 0 Å². The van der Waals surface area contributed by atoms with Crippen molar-refractivity contribution in [1.82, 2.24) is 9.97 Å². The second-order valence-corrected chi connectivity index (χ2v) is 4.33. The molecule has 1 aliphatic carbocycles. The van der Waals surface area contributed by atoms with E-state index in [0.29, 0.717) is 5.92 Å². The molecular formula is C14H14N2. The quantitative estimate of drug-likeness (QED) is 0.766. The highest BCUT2D eigenvalue weighted by atomic mass is 14.9. The van der Waals surface area contributed by atoms with Crippen LogP contribution in [0.15, 0.2) is 42.5 Å². The van der Waals surface area contributed by atoms with Gasteiger partial charge in [-0.15, -0.1) is 0 Å². The molecule has 1 unspecified atom stereocenters. The van der Waals surface area contributed by atoms with E-state index in [0.717, 1.165) is 23.3 Å². The van der Waals surface area contributed by atoms with Crippen LogP contribution in [-0.2, 0) is 0 Å². The van der Waals surface area contributed by atoms with Crippen LogP contribution in [0.4, 0.5) is 0 Å². The molecule has 2 aromatic rings. The molecular weight excluding hydrogens is 196 g/mol. The summed E-state index contributed by atoms with van der Waals surface area (Å²) in [5.74, 6) is 1.62. The largest absolute Gasteiger partial charge is 0.338 e. The van der Waals surface area contributed by atoms with E-state index in [9.17, 15) is 0 Å².